The summed E-state index contributed by atoms with van der Waals surface area (Å²) in [6.45, 7) is 11.1. The summed E-state index contributed by atoms with van der Waals surface area (Å²) in [6.07, 6.45) is 7.10. The van der Waals surface area contributed by atoms with Crippen LogP contribution in [0, 0.1) is 20.8 Å². The van der Waals surface area contributed by atoms with Crippen molar-refractivity contribution in [3.8, 4) is 0 Å². The maximum atomic E-state index is 13.2. The average molecular weight is 1570 g/mol. The number of carbonyl (C=O) groups is 1. The number of aryl methyl sites for hydroxylation is 3. The van der Waals surface area contributed by atoms with Crippen LogP contribution in [-0.4, -0.2) is 140 Å². The Bertz CT molecular complexity index is 4550. The molecule has 8 aromatic rings. The molecule has 0 saturated carbocycles. The van der Waals surface area contributed by atoms with E-state index in [0.29, 0.717) is 75.2 Å². The zero-order valence-corrected chi connectivity index (χ0v) is 65.4. The number of methoxy groups -OCH3 is 2. The number of rotatable bonds is 24. The number of halogens is 1. The van der Waals surface area contributed by atoms with Gasteiger partial charge < -0.3 is 40.6 Å². The third kappa shape index (κ3) is 18.1. The lowest BCUT2D eigenvalue weighted by Gasteiger charge is -2.22. The van der Waals surface area contributed by atoms with Crippen molar-refractivity contribution in [2.24, 2.45) is 0 Å². The van der Waals surface area contributed by atoms with E-state index < -0.39 is 40.1 Å². The normalized spacial score (nSPS) is 18.1. The number of aliphatic hydroxyl groups excluding tert-OH is 1. The quantitative estimate of drug-likeness (QED) is 0.0278. The van der Waals surface area contributed by atoms with Crippen molar-refractivity contribution in [2.45, 2.75) is 116 Å². The highest BCUT2D eigenvalue weighted by molar-refractivity contribution is 9.10. The molecule has 4 atom stereocenters. The summed E-state index contributed by atoms with van der Waals surface area (Å²) < 4.78 is 126. The number of para-hydroxylation sites is 3. The van der Waals surface area contributed by atoms with E-state index in [1.54, 1.807) is 84.1 Å². The van der Waals surface area contributed by atoms with Crippen molar-refractivity contribution >= 4 is 96.6 Å². The first-order chi connectivity index (χ1) is 49.4. The highest BCUT2D eigenvalue weighted by Gasteiger charge is 2.40. The molecule has 103 heavy (non-hydrogen) atoms. The molecule has 1 aromatic heterocycles. The Kier molecular flexibility index (Phi) is 28.2. The number of hydrogen-bond donors (Lipinski definition) is 5. The Balaban J connectivity index is 0.000000160. The van der Waals surface area contributed by atoms with Crippen molar-refractivity contribution < 1.29 is 57.8 Å². The van der Waals surface area contributed by atoms with E-state index in [1.807, 2.05) is 147 Å². The van der Waals surface area contributed by atoms with E-state index in [9.17, 15) is 38.5 Å². The van der Waals surface area contributed by atoms with Crippen LogP contribution in [0.15, 0.2) is 181 Å². The molecule has 0 radical (unpaired) electrons. The third-order valence-corrected chi connectivity index (χ3v) is 27.9. The zero-order valence-electron chi connectivity index (χ0n) is 59.8. The highest BCUT2D eigenvalue weighted by atomic mass is 79.9. The lowest BCUT2D eigenvalue weighted by Crippen LogP contribution is -2.26. The predicted molar refractivity (Wildman–Crippen MR) is 413 cm³/mol. The number of nitrogens with one attached hydrogen (secondary N) is 4. The van der Waals surface area contributed by atoms with E-state index in [4.69, 9.17) is 19.3 Å². The van der Waals surface area contributed by atoms with Gasteiger partial charge in [-0.05, 0) is 200 Å². The van der Waals surface area contributed by atoms with Crippen LogP contribution >= 0.6 is 27.3 Å². The van der Waals surface area contributed by atoms with Crippen LogP contribution in [0.4, 0.5) is 22.7 Å². The standard InChI is InChI=1S/C22H28N2O4S.2C19H24N2O3S.C16H19BrN2O3S2/c1-17-11-12-19-21(15-17)29(26,27)24(2)20-10-6-5-9-18(20)22(19)23-13-7-3-4-8-14-28-16-25;1-14-9-10-16-18(13-14)25(22,23)21(2)17-8-5-4-7-15(17)19(16)20-11-6-12-24-3;1-14-9-10-16-18(13-14)25(23,24)21(2)17-8-4-3-7-15(17)19(16)20-11-5-6-12-22;1-19-15-12(17)10-23-16(15)14(18-8-5-9-22-2)11-6-3-4-7-13(11)24(19,20)21/h5-6,9-12,15-16,22-23H,3-4,7-8,13-14H2,1-2H3;4-5,7-10,13,19-20H,6,11-12H2,1-3H3;3-4,7-10,13,19-20,22H,5-6,11-12H2,1-2H3;3-4,6-7,10,14,18H,5,8-9H2,1-2H3. The number of anilines is 4. The van der Waals surface area contributed by atoms with Crippen LogP contribution in [0.3, 0.4) is 0 Å². The molecule has 0 amide bonds. The second-order valence-corrected chi connectivity index (χ2v) is 35.1. The third-order valence-electron chi connectivity index (χ3n) is 18.6. The molecule has 4 unspecified atom stereocenters. The lowest BCUT2D eigenvalue weighted by molar-refractivity contribution is -0.128. The minimum atomic E-state index is -3.62. The molecule has 0 bridgehead atoms. The molecular weight excluding hydrogens is 1470 g/mol. The Labute approximate surface area is 621 Å². The first kappa shape index (κ1) is 80.0. The molecule has 21 nitrogen and oxygen atoms in total. The average Bonchev–Trinajstić information content (AvgIpc) is 1.62. The fourth-order valence-corrected chi connectivity index (χ4v) is 21.3. The molecule has 7 aromatic carbocycles. The van der Waals surface area contributed by atoms with Gasteiger partial charge in [-0.25, -0.2) is 33.7 Å². The number of unbranched alkanes of at least 4 members (excludes halogenated alkanes) is 4. The van der Waals surface area contributed by atoms with E-state index in [-0.39, 0.29) is 30.8 Å². The van der Waals surface area contributed by atoms with Gasteiger partial charge in [0, 0.05) is 67.6 Å². The molecule has 5 N–H and O–H groups in total. The van der Waals surface area contributed by atoms with Gasteiger partial charge in [0.2, 0.25) is 0 Å². The molecule has 0 fully saturated rings. The van der Waals surface area contributed by atoms with Crippen molar-refractivity contribution in [3.63, 3.8) is 0 Å². The summed E-state index contributed by atoms with van der Waals surface area (Å²) in [5.74, 6) is 0. The van der Waals surface area contributed by atoms with Gasteiger partial charge in [-0.2, -0.15) is 0 Å². The number of ether oxygens (including phenoxy) is 3. The Hall–Kier alpha value is -7.09. The van der Waals surface area contributed by atoms with E-state index in [2.05, 4.69) is 37.2 Å². The van der Waals surface area contributed by atoms with Crippen LogP contribution in [0.25, 0.3) is 0 Å². The fourth-order valence-electron chi connectivity index (χ4n) is 13.1. The molecule has 12 rings (SSSR count). The number of hydrogen-bond acceptors (Lipinski definition) is 18. The maximum absolute atomic E-state index is 13.2. The smallest absolute Gasteiger partial charge is 0.293 e. The first-order valence-corrected chi connectivity index (χ1v) is 41.8. The highest BCUT2D eigenvalue weighted by Crippen LogP contribution is 2.48. The van der Waals surface area contributed by atoms with Crippen LogP contribution in [0.2, 0.25) is 0 Å². The van der Waals surface area contributed by atoms with Gasteiger partial charge in [-0.1, -0.05) is 122 Å². The van der Waals surface area contributed by atoms with Crippen LogP contribution < -0.4 is 38.5 Å². The van der Waals surface area contributed by atoms with Gasteiger partial charge in [-0.15, -0.1) is 11.3 Å². The number of thiophene rings is 1. The zero-order chi connectivity index (χ0) is 74.2. The van der Waals surface area contributed by atoms with E-state index >= 15 is 0 Å². The number of benzene rings is 7. The Morgan fingerprint density at radius 3 is 1.18 bits per heavy atom. The minimum absolute atomic E-state index is 0.163. The minimum Gasteiger partial charge on any atom is -0.468 e. The number of nitrogens with zero attached hydrogens (tertiary/aromatic N) is 4. The fraction of sp³-hybridized carbons (Fsp3) is 0.382. The van der Waals surface area contributed by atoms with Gasteiger partial charge >= 0.3 is 0 Å². The Morgan fingerprint density at radius 1 is 0.427 bits per heavy atom. The van der Waals surface area contributed by atoms with Crippen LogP contribution in [-0.2, 0) is 59.1 Å². The van der Waals surface area contributed by atoms with Crippen molar-refractivity contribution in [3.05, 3.63) is 222 Å². The SMILES string of the molecule is COCCCNC1c2ccccc2N(C)S(=O)(=O)c2cc(C)ccc21.COCCCNC1c2ccccc2S(=O)(=O)N(C)c2c(Br)csc21.Cc1ccc2c(c1)S(=O)(=O)N(C)c1ccccc1C2NCCCCCCOC=O.Cc1ccc2c(c1)S(=O)(=O)N(C)c1ccccc1C2NCCCCO. The number of fused-ring (bicyclic) bond motifs is 8. The van der Waals surface area contributed by atoms with Gasteiger partial charge in [0.15, 0.2) is 0 Å². The van der Waals surface area contributed by atoms with Crippen molar-refractivity contribution in [2.75, 3.05) is 112 Å². The van der Waals surface area contributed by atoms with Gasteiger partial charge in [-0.3, -0.25) is 22.0 Å². The second-order valence-electron chi connectivity index (χ2n) is 25.6. The van der Waals surface area contributed by atoms with Crippen molar-refractivity contribution in [1.29, 1.82) is 0 Å². The summed E-state index contributed by atoms with van der Waals surface area (Å²) in [5, 5.41) is 25.0. The molecule has 0 aliphatic carbocycles. The van der Waals surface area contributed by atoms with Gasteiger partial charge in [0.05, 0.1) is 82.5 Å². The number of carbonyl (C=O) groups excluding carboxylic acids is 1. The molecule has 27 heteroatoms. The Morgan fingerprint density at radius 2 is 0.777 bits per heavy atom. The molecule has 4 aliphatic rings. The number of aliphatic hydroxyl groups is 1. The molecule has 4 aliphatic heterocycles. The summed E-state index contributed by atoms with van der Waals surface area (Å²) in [6, 6.07) is 46.3. The predicted octanol–water partition coefficient (Wildman–Crippen LogP) is 12.3. The van der Waals surface area contributed by atoms with Gasteiger partial charge in [0.1, 0.15) is 0 Å². The molecular formula is C76H95BrN8O13S5. The summed E-state index contributed by atoms with van der Waals surface area (Å²) in [7, 11) is -4.60. The number of sulfonamides is 4. The second kappa shape index (κ2) is 36.3. The van der Waals surface area contributed by atoms with Crippen molar-refractivity contribution in [1.82, 2.24) is 21.3 Å². The topological polar surface area (TPSA) is 263 Å². The largest absolute Gasteiger partial charge is 0.468 e. The van der Waals surface area contributed by atoms with Crippen LogP contribution in [0.1, 0.15) is 136 Å². The monoisotopic (exact) mass is 1570 g/mol. The maximum Gasteiger partial charge on any atom is 0.293 e. The summed E-state index contributed by atoms with van der Waals surface area (Å²) in [4.78, 5) is 12.6. The first-order valence-electron chi connectivity index (χ1n) is 34.4. The summed E-state index contributed by atoms with van der Waals surface area (Å²) in [5.41, 5.74) is 11.6. The molecule has 0 spiro atoms. The molecule has 554 valence electrons. The van der Waals surface area contributed by atoms with Crippen LogP contribution in [0.5, 0.6) is 0 Å². The molecule has 5 heterocycles. The lowest BCUT2D eigenvalue weighted by atomic mass is 9.96. The van der Waals surface area contributed by atoms with Gasteiger partial charge in [0.25, 0.3) is 46.6 Å². The summed E-state index contributed by atoms with van der Waals surface area (Å²) >= 11 is 5.06. The molecule has 0 saturated heterocycles. The van der Waals surface area contributed by atoms with E-state index in [0.717, 1.165) is 136 Å². The van der Waals surface area contributed by atoms with E-state index in [1.165, 1.54) is 17.2 Å².